The van der Waals surface area contributed by atoms with E-state index < -0.39 is 26.6 Å². The maximum atomic E-state index is 13.9. The van der Waals surface area contributed by atoms with Gasteiger partial charge in [-0.25, -0.2) is 17.2 Å². The van der Waals surface area contributed by atoms with Crippen molar-refractivity contribution in [3.63, 3.8) is 0 Å². The van der Waals surface area contributed by atoms with Gasteiger partial charge in [0.2, 0.25) is 10.0 Å². The molecule has 0 unspecified atom stereocenters. The Kier molecular flexibility index (Phi) is 5.19. The normalized spacial score (nSPS) is 17.4. The highest BCUT2D eigenvalue weighted by atomic mass is 35.5. The van der Waals surface area contributed by atoms with E-state index in [0.717, 1.165) is 16.4 Å². The highest BCUT2D eigenvalue weighted by Gasteiger charge is 2.32. The summed E-state index contributed by atoms with van der Waals surface area (Å²) in [5, 5.41) is 0. The molecule has 1 saturated heterocycles. The number of sulfonamides is 1. The van der Waals surface area contributed by atoms with Crippen molar-refractivity contribution in [2.75, 3.05) is 20.3 Å². The molecule has 0 amide bonds. The van der Waals surface area contributed by atoms with Crippen molar-refractivity contribution in [2.24, 2.45) is 0 Å². The molecule has 0 N–H and O–H groups in total. The van der Waals surface area contributed by atoms with E-state index in [1.165, 1.54) is 7.05 Å². The minimum absolute atomic E-state index is 0.0965. The van der Waals surface area contributed by atoms with Crippen molar-refractivity contribution in [3.8, 4) is 0 Å². The molecular formula is C13H16ClF2NO3S. The molecule has 1 aliphatic rings. The number of hydrogen-bond donors (Lipinski definition) is 0. The molecule has 0 bridgehead atoms. The topological polar surface area (TPSA) is 46.6 Å². The molecule has 1 aromatic rings. The van der Waals surface area contributed by atoms with Crippen LogP contribution in [0, 0.1) is 11.6 Å². The van der Waals surface area contributed by atoms with Crippen LogP contribution < -0.4 is 0 Å². The quantitative estimate of drug-likeness (QED) is 0.792. The average molecular weight is 340 g/mol. The van der Waals surface area contributed by atoms with E-state index in [2.05, 4.69) is 0 Å². The van der Waals surface area contributed by atoms with Crippen molar-refractivity contribution in [3.05, 3.63) is 29.3 Å². The molecule has 4 nitrogen and oxygen atoms in total. The Morgan fingerprint density at radius 3 is 2.52 bits per heavy atom. The second-order valence-electron chi connectivity index (χ2n) is 4.89. The first-order valence-electron chi connectivity index (χ1n) is 6.47. The van der Waals surface area contributed by atoms with Crippen LogP contribution in [0.3, 0.4) is 0 Å². The van der Waals surface area contributed by atoms with Crippen LogP contribution in [-0.2, 0) is 20.6 Å². The van der Waals surface area contributed by atoms with Crippen LogP contribution in [-0.4, -0.2) is 39.0 Å². The van der Waals surface area contributed by atoms with Gasteiger partial charge in [-0.15, -0.1) is 11.6 Å². The van der Waals surface area contributed by atoms with Crippen LogP contribution in [0.2, 0.25) is 0 Å². The molecular weight excluding hydrogens is 324 g/mol. The summed E-state index contributed by atoms with van der Waals surface area (Å²) in [6, 6.07) is 1.69. The Morgan fingerprint density at radius 1 is 1.33 bits per heavy atom. The summed E-state index contributed by atoms with van der Waals surface area (Å²) in [7, 11) is -2.75. The molecule has 8 heteroatoms. The molecule has 0 radical (unpaired) electrons. The molecule has 0 aliphatic carbocycles. The first-order chi connectivity index (χ1) is 9.87. The highest BCUT2D eigenvalue weighted by Crippen LogP contribution is 2.26. The third kappa shape index (κ3) is 3.36. The Labute approximate surface area is 127 Å². The van der Waals surface area contributed by atoms with Crippen molar-refractivity contribution >= 4 is 21.6 Å². The largest absolute Gasteiger partial charge is 0.381 e. The molecule has 1 aromatic carbocycles. The van der Waals surface area contributed by atoms with Gasteiger partial charge >= 0.3 is 0 Å². The van der Waals surface area contributed by atoms with Crippen molar-refractivity contribution in [1.82, 2.24) is 4.31 Å². The fraction of sp³-hybridized carbons (Fsp3) is 0.538. The molecule has 0 spiro atoms. The third-order valence-electron chi connectivity index (χ3n) is 3.57. The van der Waals surface area contributed by atoms with Gasteiger partial charge in [0.15, 0.2) is 11.6 Å². The third-order valence-corrected chi connectivity index (χ3v) is 5.79. The zero-order valence-corrected chi connectivity index (χ0v) is 13.1. The lowest BCUT2D eigenvalue weighted by Crippen LogP contribution is -2.41. The van der Waals surface area contributed by atoms with Gasteiger partial charge in [0.05, 0.1) is 0 Å². The van der Waals surface area contributed by atoms with E-state index in [1.807, 2.05) is 0 Å². The number of nitrogens with zero attached hydrogens (tertiary/aromatic N) is 1. The Morgan fingerprint density at radius 2 is 1.95 bits per heavy atom. The molecule has 1 aliphatic heterocycles. The van der Waals surface area contributed by atoms with Gasteiger partial charge in [0.1, 0.15) is 4.90 Å². The Balaban J connectivity index is 2.40. The molecule has 2 rings (SSSR count). The van der Waals surface area contributed by atoms with E-state index in [-0.39, 0.29) is 17.5 Å². The van der Waals surface area contributed by atoms with E-state index in [0.29, 0.717) is 26.1 Å². The molecule has 0 aromatic heterocycles. The van der Waals surface area contributed by atoms with Crippen LogP contribution in [0.4, 0.5) is 8.78 Å². The summed E-state index contributed by atoms with van der Waals surface area (Å²) >= 11 is 5.59. The number of halogens is 3. The molecule has 0 atom stereocenters. The van der Waals surface area contributed by atoms with E-state index in [9.17, 15) is 17.2 Å². The number of alkyl halides is 1. The zero-order chi connectivity index (χ0) is 15.6. The summed E-state index contributed by atoms with van der Waals surface area (Å²) in [6.45, 7) is 0.895. The molecule has 118 valence electrons. The minimum Gasteiger partial charge on any atom is -0.381 e. The Hall–Kier alpha value is -0.760. The monoisotopic (exact) mass is 339 g/mol. The van der Waals surface area contributed by atoms with Crippen LogP contribution in [0.5, 0.6) is 0 Å². The lowest BCUT2D eigenvalue weighted by molar-refractivity contribution is 0.0631. The predicted molar refractivity (Wildman–Crippen MR) is 74.7 cm³/mol. The number of rotatable bonds is 4. The SMILES string of the molecule is CN(C1CCOCC1)S(=O)(=O)c1cc(CCl)cc(F)c1F. The van der Waals surface area contributed by atoms with Gasteiger partial charge in [-0.2, -0.15) is 4.31 Å². The van der Waals surface area contributed by atoms with Gasteiger partial charge in [-0.1, -0.05) is 0 Å². The highest BCUT2D eigenvalue weighted by molar-refractivity contribution is 7.89. The summed E-state index contributed by atoms with van der Waals surface area (Å²) < 4.78 is 58.7. The maximum Gasteiger partial charge on any atom is 0.246 e. The van der Waals surface area contributed by atoms with Crippen molar-refractivity contribution < 1.29 is 21.9 Å². The second kappa shape index (κ2) is 6.56. The van der Waals surface area contributed by atoms with Gasteiger partial charge in [0, 0.05) is 32.2 Å². The van der Waals surface area contributed by atoms with Crippen LogP contribution >= 0.6 is 11.6 Å². The van der Waals surface area contributed by atoms with Gasteiger partial charge in [-0.05, 0) is 30.5 Å². The van der Waals surface area contributed by atoms with E-state index in [1.54, 1.807) is 0 Å². The molecule has 1 fully saturated rings. The van der Waals surface area contributed by atoms with E-state index >= 15 is 0 Å². The zero-order valence-electron chi connectivity index (χ0n) is 11.5. The second-order valence-corrected chi connectivity index (χ2v) is 7.12. The Bertz CT molecular complexity index is 618. The summed E-state index contributed by atoms with van der Waals surface area (Å²) in [5.74, 6) is -2.68. The van der Waals surface area contributed by atoms with Gasteiger partial charge in [0.25, 0.3) is 0 Å². The predicted octanol–water partition coefficient (Wildman–Crippen LogP) is 2.50. The van der Waals surface area contributed by atoms with Crippen molar-refractivity contribution in [1.29, 1.82) is 0 Å². The first kappa shape index (κ1) is 16.6. The summed E-state index contributed by atoms with van der Waals surface area (Å²) in [4.78, 5) is -0.674. The molecule has 21 heavy (non-hydrogen) atoms. The number of hydrogen-bond acceptors (Lipinski definition) is 3. The van der Waals surface area contributed by atoms with Crippen LogP contribution in [0.15, 0.2) is 17.0 Å². The molecule has 1 heterocycles. The average Bonchev–Trinajstić information content (AvgIpc) is 2.49. The van der Waals surface area contributed by atoms with Gasteiger partial charge < -0.3 is 4.74 Å². The van der Waals surface area contributed by atoms with Crippen LogP contribution in [0.1, 0.15) is 18.4 Å². The van der Waals surface area contributed by atoms with Gasteiger partial charge in [-0.3, -0.25) is 0 Å². The standard InChI is InChI=1S/C13H16ClF2NO3S/c1-17(10-2-4-20-5-3-10)21(18,19)12-7-9(8-14)6-11(15)13(12)16/h6-7,10H,2-5,8H2,1H3. The number of ether oxygens (including phenoxy) is 1. The summed E-state index contributed by atoms with van der Waals surface area (Å²) in [6.07, 6.45) is 1.05. The lowest BCUT2D eigenvalue weighted by atomic mass is 10.1. The lowest BCUT2D eigenvalue weighted by Gasteiger charge is -2.30. The maximum absolute atomic E-state index is 13.9. The fourth-order valence-corrected chi connectivity index (χ4v) is 3.97. The number of benzene rings is 1. The van der Waals surface area contributed by atoms with Crippen molar-refractivity contribution in [2.45, 2.75) is 29.7 Å². The minimum atomic E-state index is -4.12. The molecule has 0 saturated carbocycles. The van der Waals surface area contributed by atoms with Crippen LogP contribution in [0.25, 0.3) is 0 Å². The fourth-order valence-electron chi connectivity index (χ4n) is 2.28. The summed E-state index contributed by atoms with van der Waals surface area (Å²) in [5.41, 5.74) is 0.217. The van der Waals surface area contributed by atoms with E-state index in [4.69, 9.17) is 16.3 Å². The first-order valence-corrected chi connectivity index (χ1v) is 8.45. The smallest absolute Gasteiger partial charge is 0.246 e.